The summed E-state index contributed by atoms with van der Waals surface area (Å²) in [6, 6.07) is 20.4. The Hall–Kier alpha value is -4.10. The minimum atomic E-state index is -0.815. The second-order valence-electron chi connectivity index (χ2n) is 8.12. The van der Waals surface area contributed by atoms with Gasteiger partial charge in [0.05, 0.1) is 17.3 Å². The Morgan fingerprint density at radius 3 is 2.39 bits per heavy atom. The lowest BCUT2D eigenvalue weighted by Gasteiger charge is -2.26. The first-order chi connectivity index (χ1) is 17.5. The van der Waals surface area contributed by atoms with Crippen LogP contribution in [0.25, 0.3) is 6.08 Å². The van der Waals surface area contributed by atoms with Crippen molar-refractivity contribution in [2.75, 3.05) is 11.5 Å². The van der Waals surface area contributed by atoms with Gasteiger partial charge < -0.3 is 9.47 Å². The van der Waals surface area contributed by atoms with E-state index in [-0.39, 0.29) is 5.57 Å². The Balaban J connectivity index is 1.51. The van der Waals surface area contributed by atoms with E-state index >= 15 is 0 Å². The third-order valence-electron chi connectivity index (χ3n) is 5.47. The van der Waals surface area contributed by atoms with Gasteiger partial charge in [0.2, 0.25) is 0 Å². The number of rotatable bonds is 9. The van der Waals surface area contributed by atoms with E-state index in [1.54, 1.807) is 42.5 Å². The summed E-state index contributed by atoms with van der Waals surface area (Å²) in [5.74, 6) is -0.404. The number of anilines is 1. The Bertz CT molecular complexity index is 1290. The van der Waals surface area contributed by atoms with E-state index in [1.807, 2.05) is 30.3 Å². The van der Waals surface area contributed by atoms with Crippen LogP contribution in [0.15, 0.2) is 78.4 Å². The average Bonchev–Trinajstić information content (AvgIpc) is 2.87. The number of benzene rings is 3. The number of urea groups is 1. The molecule has 1 N–H and O–H groups in total. The third kappa shape index (κ3) is 5.93. The summed E-state index contributed by atoms with van der Waals surface area (Å²) in [6.07, 6.45) is 3.33. The fourth-order valence-corrected chi connectivity index (χ4v) is 3.79. The molecule has 1 fully saturated rings. The number of halogens is 1. The van der Waals surface area contributed by atoms with Crippen LogP contribution in [0.1, 0.15) is 30.9 Å². The maximum absolute atomic E-state index is 13.1. The lowest BCUT2D eigenvalue weighted by atomic mass is 10.1. The van der Waals surface area contributed by atoms with Crippen molar-refractivity contribution in [3.05, 3.63) is 94.5 Å². The van der Waals surface area contributed by atoms with Crippen LogP contribution < -0.4 is 19.7 Å². The van der Waals surface area contributed by atoms with Crippen LogP contribution in [0.3, 0.4) is 0 Å². The van der Waals surface area contributed by atoms with Crippen molar-refractivity contribution < 1.29 is 23.9 Å². The van der Waals surface area contributed by atoms with E-state index in [9.17, 15) is 14.4 Å². The highest BCUT2D eigenvalue weighted by Crippen LogP contribution is 2.29. The topological polar surface area (TPSA) is 84.9 Å². The summed E-state index contributed by atoms with van der Waals surface area (Å²) < 4.78 is 11.4. The van der Waals surface area contributed by atoms with Gasteiger partial charge >= 0.3 is 6.03 Å². The quantitative estimate of drug-likeness (QED) is 0.227. The molecule has 0 spiro atoms. The molecule has 0 bridgehead atoms. The molecule has 0 saturated carbocycles. The first-order valence-corrected chi connectivity index (χ1v) is 11.9. The van der Waals surface area contributed by atoms with Gasteiger partial charge in [-0.05, 0) is 60.0 Å². The molecular weight excluding hydrogens is 480 g/mol. The summed E-state index contributed by atoms with van der Waals surface area (Å²) in [7, 11) is 0. The molecule has 8 heteroatoms. The summed E-state index contributed by atoms with van der Waals surface area (Å²) in [6.45, 7) is 3.00. The van der Waals surface area contributed by atoms with Gasteiger partial charge in [0.15, 0.2) is 0 Å². The zero-order valence-electron chi connectivity index (χ0n) is 19.7. The molecule has 3 aromatic carbocycles. The highest BCUT2D eigenvalue weighted by Gasteiger charge is 2.36. The fraction of sp³-hybridized carbons (Fsp3) is 0.179. The van der Waals surface area contributed by atoms with Crippen molar-refractivity contribution in [1.82, 2.24) is 5.32 Å². The molecule has 4 rings (SSSR count). The molecule has 4 amide bonds. The molecule has 1 aliphatic rings. The first kappa shape index (κ1) is 25.0. The monoisotopic (exact) mass is 504 g/mol. The molecule has 184 valence electrons. The second-order valence-corrected chi connectivity index (χ2v) is 8.53. The zero-order valence-corrected chi connectivity index (χ0v) is 20.5. The first-order valence-electron chi connectivity index (χ1n) is 11.6. The summed E-state index contributed by atoms with van der Waals surface area (Å²) in [5.41, 5.74) is 1.64. The van der Waals surface area contributed by atoms with Crippen LogP contribution in [0.4, 0.5) is 10.5 Å². The van der Waals surface area contributed by atoms with E-state index in [0.717, 1.165) is 23.3 Å². The molecule has 3 aromatic rings. The summed E-state index contributed by atoms with van der Waals surface area (Å²) in [4.78, 5) is 39.0. The maximum Gasteiger partial charge on any atom is 0.335 e. The van der Waals surface area contributed by atoms with Crippen LogP contribution in [0.5, 0.6) is 11.5 Å². The number of barbiturate groups is 1. The molecule has 0 atom stereocenters. The van der Waals surface area contributed by atoms with Crippen LogP contribution in [0, 0.1) is 0 Å². The summed E-state index contributed by atoms with van der Waals surface area (Å²) in [5, 5.41) is 2.55. The van der Waals surface area contributed by atoms with Crippen molar-refractivity contribution in [3.8, 4) is 11.5 Å². The Morgan fingerprint density at radius 1 is 0.944 bits per heavy atom. The number of ether oxygens (including phenoxy) is 2. The van der Waals surface area contributed by atoms with Gasteiger partial charge in [0.25, 0.3) is 11.8 Å². The average molecular weight is 505 g/mol. The standard InChI is InChI=1S/C28H25ClN2O5/c1-2-3-15-35-22-12-10-21(11-13-22)31-27(33)23(26(32)30-28(31)34)16-20-9-14-25(24(29)17-20)36-18-19-7-5-4-6-8-19/h4-14,16-17H,2-3,15,18H2,1H3,(H,30,32,34)/b23-16-. The number of carbonyl (C=O) groups is 3. The predicted octanol–water partition coefficient (Wildman–Crippen LogP) is 5.76. The minimum Gasteiger partial charge on any atom is -0.494 e. The highest BCUT2D eigenvalue weighted by atomic mass is 35.5. The van der Waals surface area contributed by atoms with E-state index in [0.29, 0.717) is 41.0 Å². The molecule has 1 saturated heterocycles. The maximum atomic E-state index is 13.1. The number of nitrogens with one attached hydrogen (secondary N) is 1. The van der Waals surface area contributed by atoms with Gasteiger partial charge in [0, 0.05) is 0 Å². The van der Waals surface area contributed by atoms with E-state index in [2.05, 4.69) is 12.2 Å². The van der Waals surface area contributed by atoms with Crippen molar-refractivity contribution in [3.63, 3.8) is 0 Å². The van der Waals surface area contributed by atoms with E-state index in [4.69, 9.17) is 21.1 Å². The number of imide groups is 2. The number of hydrogen-bond donors (Lipinski definition) is 1. The van der Waals surface area contributed by atoms with Crippen molar-refractivity contribution >= 4 is 41.2 Å². The van der Waals surface area contributed by atoms with E-state index < -0.39 is 17.8 Å². The predicted molar refractivity (Wildman–Crippen MR) is 138 cm³/mol. The van der Waals surface area contributed by atoms with Crippen molar-refractivity contribution in [1.29, 1.82) is 0 Å². The Labute approximate surface area is 214 Å². The molecule has 0 aromatic heterocycles. The van der Waals surface area contributed by atoms with Crippen LogP contribution in [-0.4, -0.2) is 24.5 Å². The third-order valence-corrected chi connectivity index (χ3v) is 5.76. The van der Waals surface area contributed by atoms with Crippen LogP contribution >= 0.6 is 11.6 Å². The van der Waals surface area contributed by atoms with E-state index in [1.165, 1.54) is 6.08 Å². The second kappa shape index (κ2) is 11.6. The molecule has 0 aliphatic carbocycles. The summed E-state index contributed by atoms with van der Waals surface area (Å²) >= 11 is 6.38. The molecule has 0 unspecified atom stereocenters. The van der Waals surface area contributed by atoms with Gasteiger partial charge in [-0.3, -0.25) is 14.9 Å². The molecule has 36 heavy (non-hydrogen) atoms. The molecule has 1 aliphatic heterocycles. The normalized spacial score (nSPS) is 14.7. The number of nitrogens with zero attached hydrogens (tertiary/aromatic N) is 1. The van der Waals surface area contributed by atoms with Crippen LogP contribution in [-0.2, 0) is 16.2 Å². The highest BCUT2D eigenvalue weighted by molar-refractivity contribution is 6.39. The smallest absolute Gasteiger partial charge is 0.335 e. The number of amides is 4. The molecular formula is C28H25ClN2O5. The lowest BCUT2D eigenvalue weighted by Crippen LogP contribution is -2.54. The van der Waals surface area contributed by atoms with Crippen LogP contribution in [0.2, 0.25) is 5.02 Å². The lowest BCUT2D eigenvalue weighted by molar-refractivity contribution is -0.122. The number of unbranched alkanes of at least 4 members (excludes halogenated alkanes) is 1. The van der Waals surface area contributed by atoms with Gasteiger partial charge in [-0.25, -0.2) is 9.69 Å². The molecule has 1 heterocycles. The Morgan fingerprint density at radius 2 is 1.69 bits per heavy atom. The van der Waals surface area contributed by atoms with Crippen molar-refractivity contribution in [2.24, 2.45) is 0 Å². The van der Waals surface area contributed by atoms with Gasteiger partial charge in [-0.2, -0.15) is 0 Å². The van der Waals surface area contributed by atoms with Crippen molar-refractivity contribution in [2.45, 2.75) is 26.4 Å². The van der Waals surface area contributed by atoms with Gasteiger partial charge in [-0.1, -0.05) is 61.3 Å². The molecule has 7 nitrogen and oxygen atoms in total. The largest absolute Gasteiger partial charge is 0.494 e. The SMILES string of the molecule is CCCCOc1ccc(N2C(=O)NC(=O)/C(=C/c3ccc(OCc4ccccc4)c(Cl)c3)C2=O)cc1. The number of carbonyl (C=O) groups excluding carboxylic acids is 3. The van der Waals surface area contributed by atoms with Gasteiger partial charge in [0.1, 0.15) is 23.7 Å². The zero-order chi connectivity index (χ0) is 25.5. The molecule has 0 radical (unpaired) electrons. The minimum absolute atomic E-state index is 0.188. The number of hydrogen-bond acceptors (Lipinski definition) is 5. The van der Waals surface area contributed by atoms with Gasteiger partial charge in [-0.15, -0.1) is 0 Å². The Kier molecular flexibility index (Phi) is 8.02. The fourth-order valence-electron chi connectivity index (χ4n) is 3.54.